The molecule has 1 aromatic carbocycles. The second-order valence-electron chi connectivity index (χ2n) is 3.77. The van der Waals surface area contributed by atoms with Gasteiger partial charge in [0.05, 0.1) is 0 Å². The molecule has 0 aliphatic heterocycles. The SMILES string of the molecule is Cc1ccccc1C(C)CC(C)Br. The Balaban J connectivity index is 2.76. The minimum Gasteiger partial charge on any atom is -0.0893 e. The molecule has 1 rings (SSSR count). The molecule has 0 heterocycles. The summed E-state index contributed by atoms with van der Waals surface area (Å²) in [5.41, 5.74) is 2.89. The Morgan fingerprint density at radius 3 is 2.38 bits per heavy atom. The van der Waals surface area contributed by atoms with Gasteiger partial charge in [-0.3, -0.25) is 0 Å². The average molecular weight is 241 g/mol. The highest BCUT2D eigenvalue weighted by Gasteiger charge is 2.09. The smallest absolute Gasteiger partial charge is 0.0123 e. The van der Waals surface area contributed by atoms with E-state index in [1.807, 2.05) is 0 Å². The normalized spacial score (nSPS) is 15.4. The van der Waals surface area contributed by atoms with Crippen molar-refractivity contribution in [2.24, 2.45) is 0 Å². The lowest BCUT2D eigenvalue weighted by Crippen LogP contribution is -2.01. The van der Waals surface area contributed by atoms with Crippen LogP contribution in [0.15, 0.2) is 24.3 Å². The third-order valence-electron chi connectivity index (χ3n) is 2.40. The van der Waals surface area contributed by atoms with Gasteiger partial charge in [0.15, 0.2) is 0 Å². The largest absolute Gasteiger partial charge is 0.0893 e. The molecule has 72 valence electrons. The highest BCUT2D eigenvalue weighted by atomic mass is 79.9. The van der Waals surface area contributed by atoms with Crippen LogP contribution in [0.4, 0.5) is 0 Å². The fraction of sp³-hybridized carbons (Fsp3) is 0.500. The molecule has 0 aromatic heterocycles. The van der Waals surface area contributed by atoms with Crippen molar-refractivity contribution in [3.63, 3.8) is 0 Å². The zero-order valence-corrected chi connectivity index (χ0v) is 10.1. The molecule has 1 heteroatoms. The Kier molecular flexibility index (Phi) is 3.98. The number of hydrogen-bond donors (Lipinski definition) is 0. The van der Waals surface area contributed by atoms with Gasteiger partial charge in [-0.25, -0.2) is 0 Å². The fourth-order valence-electron chi connectivity index (χ4n) is 1.75. The lowest BCUT2D eigenvalue weighted by Gasteiger charge is -2.15. The van der Waals surface area contributed by atoms with Crippen LogP contribution in [-0.2, 0) is 0 Å². The highest BCUT2D eigenvalue weighted by molar-refractivity contribution is 9.09. The first kappa shape index (κ1) is 10.8. The first-order valence-corrected chi connectivity index (χ1v) is 5.72. The molecule has 0 saturated carbocycles. The van der Waals surface area contributed by atoms with Crippen molar-refractivity contribution < 1.29 is 0 Å². The van der Waals surface area contributed by atoms with E-state index in [1.54, 1.807) is 0 Å². The van der Waals surface area contributed by atoms with Gasteiger partial charge in [-0.2, -0.15) is 0 Å². The first-order chi connectivity index (χ1) is 6.11. The summed E-state index contributed by atoms with van der Waals surface area (Å²) in [6.07, 6.45) is 1.20. The molecular weight excluding hydrogens is 224 g/mol. The average Bonchev–Trinajstić information content (AvgIpc) is 2.03. The lowest BCUT2D eigenvalue weighted by molar-refractivity contribution is 0.678. The van der Waals surface area contributed by atoms with E-state index in [4.69, 9.17) is 0 Å². The molecule has 0 nitrogen and oxygen atoms in total. The molecule has 0 aliphatic rings. The summed E-state index contributed by atoms with van der Waals surface area (Å²) in [7, 11) is 0. The van der Waals surface area contributed by atoms with Crippen LogP contribution in [0.25, 0.3) is 0 Å². The van der Waals surface area contributed by atoms with Crippen LogP contribution in [0.2, 0.25) is 0 Å². The van der Waals surface area contributed by atoms with Gasteiger partial charge in [0.1, 0.15) is 0 Å². The quantitative estimate of drug-likeness (QED) is 0.693. The molecule has 0 bridgehead atoms. The molecule has 0 N–H and O–H groups in total. The molecule has 0 aliphatic carbocycles. The van der Waals surface area contributed by atoms with Gasteiger partial charge >= 0.3 is 0 Å². The van der Waals surface area contributed by atoms with E-state index in [1.165, 1.54) is 17.5 Å². The van der Waals surface area contributed by atoms with E-state index in [-0.39, 0.29) is 0 Å². The molecule has 0 fully saturated rings. The summed E-state index contributed by atoms with van der Waals surface area (Å²) in [5, 5.41) is 0. The second kappa shape index (κ2) is 4.80. The van der Waals surface area contributed by atoms with Gasteiger partial charge in [0.2, 0.25) is 0 Å². The number of halogens is 1. The van der Waals surface area contributed by atoms with Gasteiger partial charge in [-0.15, -0.1) is 0 Å². The first-order valence-electron chi connectivity index (χ1n) is 4.81. The van der Waals surface area contributed by atoms with Crippen molar-refractivity contribution in [1.82, 2.24) is 0 Å². The van der Waals surface area contributed by atoms with E-state index in [0.717, 1.165) is 0 Å². The van der Waals surface area contributed by atoms with Crippen LogP contribution in [0, 0.1) is 6.92 Å². The molecular formula is C12H17Br. The van der Waals surface area contributed by atoms with E-state index in [9.17, 15) is 0 Å². The van der Waals surface area contributed by atoms with Crippen molar-refractivity contribution in [2.45, 2.75) is 37.9 Å². The predicted octanol–water partition coefficient (Wildman–Crippen LogP) is 4.27. The standard InChI is InChI=1S/C12H17Br/c1-9-6-4-5-7-12(9)10(2)8-11(3)13/h4-7,10-11H,8H2,1-3H3. The Labute approximate surface area is 89.5 Å². The van der Waals surface area contributed by atoms with Gasteiger partial charge in [-0.1, -0.05) is 54.0 Å². The maximum absolute atomic E-state index is 3.60. The Bertz CT molecular complexity index is 266. The van der Waals surface area contributed by atoms with E-state index in [0.29, 0.717) is 10.7 Å². The van der Waals surface area contributed by atoms with Crippen molar-refractivity contribution in [2.75, 3.05) is 0 Å². The Morgan fingerprint density at radius 1 is 1.23 bits per heavy atom. The predicted molar refractivity (Wildman–Crippen MR) is 62.6 cm³/mol. The molecule has 2 unspecified atom stereocenters. The van der Waals surface area contributed by atoms with Crippen molar-refractivity contribution in [1.29, 1.82) is 0 Å². The molecule has 0 radical (unpaired) electrons. The third-order valence-corrected chi connectivity index (χ3v) is 2.77. The summed E-state index contributed by atoms with van der Waals surface area (Å²) in [5.74, 6) is 0.649. The number of rotatable bonds is 3. The molecule has 0 saturated heterocycles. The van der Waals surface area contributed by atoms with Gasteiger partial charge in [0.25, 0.3) is 0 Å². The Hall–Kier alpha value is -0.300. The number of aryl methyl sites for hydroxylation is 1. The summed E-state index contributed by atoms with van der Waals surface area (Å²) in [4.78, 5) is 0.599. The third kappa shape index (κ3) is 3.15. The molecule has 2 atom stereocenters. The maximum Gasteiger partial charge on any atom is 0.0123 e. The van der Waals surface area contributed by atoms with Crippen LogP contribution >= 0.6 is 15.9 Å². The monoisotopic (exact) mass is 240 g/mol. The lowest BCUT2D eigenvalue weighted by atomic mass is 9.93. The molecule has 13 heavy (non-hydrogen) atoms. The Morgan fingerprint density at radius 2 is 1.85 bits per heavy atom. The number of alkyl halides is 1. The van der Waals surface area contributed by atoms with Crippen LogP contribution in [0.3, 0.4) is 0 Å². The summed E-state index contributed by atoms with van der Waals surface area (Å²) >= 11 is 3.60. The summed E-state index contributed by atoms with van der Waals surface area (Å²) in [6.45, 7) is 6.68. The van der Waals surface area contributed by atoms with Gasteiger partial charge in [-0.05, 0) is 30.4 Å². The van der Waals surface area contributed by atoms with Crippen LogP contribution in [0.5, 0.6) is 0 Å². The number of hydrogen-bond acceptors (Lipinski definition) is 0. The van der Waals surface area contributed by atoms with Crippen LogP contribution in [0.1, 0.15) is 37.3 Å². The number of benzene rings is 1. The fourth-order valence-corrected chi connectivity index (χ4v) is 2.31. The summed E-state index contributed by atoms with van der Waals surface area (Å²) < 4.78 is 0. The maximum atomic E-state index is 3.60. The minimum absolute atomic E-state index is 0.599. The zero-order valence-electron chi connectivity index (χ0n) is 8.55. The van der Waals surface area contributed by atoms with E-state index < -0.39 is 0 Å². The second-order valence-corrected chi connectivity index (χ2v) is 5.34. The molecule has 1 aromatic rings. The van der Waals surface area contributed by atoms with Crippen LogP contribution in [-0.4, -0.2) is 4.83 Å². The molecule has 0 amide bonds. The van der Waals surface area contributed by atoms with E-state index in [2.05, 4.69) is 61.0 Å². The van der Waals surface area contributed by atoms with Crippen molar-refractivity contribution >= 4 is 15.9 Å². The topological polar surface area (TPSA) is 0 Å². The van der Waals surface area contributed by atoms with E-state index >= 15 is 0 Å². The summed E-state index contributed by atoms with van der Waals surface area (Å²) in [6, 6.07) is 8.64. The minimum atomic E-state index is 0.599. The zero-order chi connectivity index (χ0) is 9.84. The van der Waals surface area contributed by atoms with Gasteiger partial charge < -0.3 is 0 Å². The van der Waals surface area contributed by atoms with Crippen molar-refractivity contribution in [3.05, 3.63) is 35.4 Å². The van der Waals surface area contributed by atoms with Gasteiger partial charge in [0, 0.05) is 4.83 Å². The highest BCUT2D eigenvalue weighted by Crippen LogP contribution is 2.25. The van der Waals surface area contributed by atoms with Crippen molar-refractivity contribution in [3.8, 4) is 0 Å². The van der Waals surface area contributed by atoms with Crippen LogP contribution < -0.4 is 0 Å². The molecule has 0 spiro atoms.